The Morgan fingerprint density at radius 3 is 3.06 bits per heavy atom. The van der Waals surface area contributed by atoms with Crippen LogP contribution in [0.25, 0.3) is 0 Å². The van der Waals surface area contributed by atoms with Gasteiger partial charge in [0, 0.05) is 26.3 Å². The Labute approximate surface area is 108 Å². The fourth-order valence-corrected chi connectivity index (χ4v) is 2.14. The third-order valence-electron chi connectivity index (χ3n) is 3.29. The van der Waals surface area contributed by atoms with Crippen molar-refractivity contribution in [2.45, 2.75) is 31.8 Å². The molecule has 0 aliphatic carbocycles. The number of hydrogen-bond donors (Lipinski definition) is 0. The summed E-state index contributed by atoms with van der Waals surface area (Å²) in [6.07, 6.45) is 6.65. The van der Waals surface area contributed by atoms with Crippen LogP contribution in [0.4, 0.5) is 5.82 Å². The Kier molecular flexibility index (Phi) is 4.75. The van der Waals surface area contributed by atoms with Crippen molar-refractivity contribution >= 4 is 5.82 Å². The molecule has 0 N–H and O–H groups in total. The summed E-state index contributed by atoms with van der Waals surface area (Å²) in [6, 6.07) is 1.85. The zero-order valence-corrected chi connectivity index (χ0v) is 11.1. The van der Waals surface area contributed by atoms with E-state index in [9.17, 15) is 0 Å². The first-order valence-electron chi connectivity index (χ1n) is 6.48. The van der Waals surface area contributed by atoms with Gasteiger partial charge in [0.15, 0.2) is 0 Å². The maximum atomic E-state index is 5.72. The van der Waals surface area contributed by atoms with Crippen molar-refractivity contribution in [2.75, 3.05) is 32.2 Å². The van der Waals surface area contributed by atoms with Crippen LogP contribution >= 0.6 is 0 Å². The van der Waals surface area contributed by atoms with Crippen LogP contribution in [-0.2, 0) is 4.74 Å². The second-order valence-corrected chi connectivity index (χ2v) is 4.62. The second kappa shape index (κ2) is 6.54. The summed E-state index contributed by atoms with van der Waals surface area (Å²) in [5, 5.41) is 0. The molecular weight excluding hydrogens is 230 g/mol. The summed E-state index contributed by atoms with van der Waals surface area (Å²) in [6.45, 7) is 1.85. The van der Waals surface area contributed by atoms with Crippen LogP contribution < -0.4 is 9.64 Å². The van der Waals surface area contributed by atoms with Crippen LogP contribution in [0.5, 0.6) is 5.88 Å². The molecule has 0 spiro atoms. The van der Waals surface area contributed by atoms with Crippen LogP contribution in [0.15, 0.2) is 12.4 Å². The first-order chi connectivity index (χ1) is 8.79. The molecule has 0 bridgehead atoms. The average Bonchev–Trinajstić information content (AvgIpc) is 2.46. The smallest absolute Gasteiger partial charge is 0.218 e. The minimum Gasteiger partial charge on any atom is -0.481 e. The Bertz CT molecular complexity index is 367. The van der Waals surface area contributed by atoms with E-state index in [0.717, 1.165) is 25.4 Å². The van der Waals surface area contributed by atoms with E-state index >= 15 is 0 Å². The number of ether oxygens (including phenoxy) is 2. The molecule has 5 heteroatoms. The largest absolute Gasteiger partial charge is 0.481 e. The Balaban J connectivity index is 1.84. The van der Waals surface area contributed by atoms with Crippen molar-refractivity contribution in [3.05, 3.63) is 12.4 Å². The van der Waals surface area contributed by atoms with Crippen LogP contribution in [0, 0.1) is 0 Å². The summed E-state index contributed by atoms with van der Waals surface area (Å²) in [7, 11) is 3.65. The molecule has 18 heavy (non-hydrogen) atoms. The van der Waals surface area contributed by atoms with Gasteiger partial charge < -0.3 is 14.4 Å². The lowest BCUT2D eigenvalue weighted by molar-refractivity contribution is 0.0126. The van der Waals surface area contributed by atoms with Gasteiger partial charge in [-0.25, -0.2) is 9.97 Å². The van der Waals surface area contributed by atoms with Gasteiger partial charge in [-0.15, -0.1) is 0 Å². The Morgan fingerprint density at radius 2 is 2.33 bits per heavy atom. The normalized spacial score (nSPS) is 19.6. The average molecular weight is 251 g/mol. The fraction of sp³-hybridized carbons (Fsp3) is 0.692. The van der Waals surface area contributed by atoms with Crippen LogP contribution in [0.2, 0.25) is 0 Å². The highest BCUT2D eigenvalue weighted by Gasteiger charge is 2.15. The molecule has 5 nitrogen and oxygen atoms in total. The zero-order valence-electron chi connectivity index (χ0n) is 11.1. The van der Waals surface area contributed by atoms with Gasteiger partial charge in [-0.2, -0.15) is 0 Å². The lowest BCUT2D eigenvalue weighted by atomic mass is 10.1. The van der Waals surface area contributed by atoms with E-state index in [1.807, 2.05) is 13.1 Å². The SMILES string of the molecule is COc1cc(N(C)CCC2CCCCO2)ncn1. The minimum atomic E-state index is 0.407. The Hall–Kier alpha value is -1.36. The standard InChI is InChI=1S/C13H21N3O2/c1-16(7-6-11-5-3-4-8-18-11)12-9-13(17-2)15-10-14-12/h9-11H,3-8H2,1-2H3. The topological polar surface area (TPSA) is 47.5 Å². The fourth-order valence-electron chi connectivity index (χ4n) is 2.14. The van der Waals surface area contributed by atoms with Gasteiger partial charge in [0.2, 0.25) is 5.88 Å². The third kappa shape index (κ3) is 3.57. The van der Waals surface area contributed by atoms with E-state index in [2.05, 4.69) is 14.9 Å². The molecule has 1 atom stereocenters. The minimum absolute atomic E-state index is 0.407. The summed E-state index contributed by atoms with van der Waals surface area (Å²) in [5.74, 6) is 1.48. The number of methoxy groups -OCH3 is 1. The van der Waals surface area contributed by atoms with E-state index in [1.54, 1.807) is 7.11 Å². The molecule has 0 saturated carbocycles. The zero-order chi connectivity index (χ0) is 12.8. The maximum absolute atomic E-state index is 5.72. The summed E-state index contributed by atoms with van der Waals surface area (Å²) in [4.78, 5) is 10.4. The molecule has 0 amide bonds. The van der Waals surface area contributed by atoms with Crippen molar-refractivity contribution in [3.63, 3.8) is 0 Å². The van der Waals surface area contributed by atoms with E-state index in [4.69, 9.17) is 9.47 Å². The van der Waals surface area contributed by atoms with Crippen molar-refractivity contribution in [3.8, 4) is 5.88 Å². The van der Waals surface area contributed by atoms with Crippen molar-refractivity contribution < 1.29 is 9.47 Å². The van der Waals surface area contributed by atoms with Crippen molar-refractivity contribution in [1.82, 2.24) is 9.97 Å². The molecular formula is C13H21N3O2. The molecule has 0 radical (unpaired) electrons. The van der Waals surface area contributed by atoms with E-state index in [0.29, 0.717) is 12.0 Å². The number of nitrogens with zero attached hydrogens (tertiary/aromatic N) is 3. The number of anilines is 1. The molecule has 100 valence electrons. The summed E-state index contributed by atoms with van der Waals surface area (Å²) in [5.41, 5.74) is 0. The number of hydrogen-bond acceptors (Lipinski definition) is 5. The number of aromatic nitrogens is 2. The van der Waals surface area contributed by atoms with E-state index in [1.165, 1.54) is 25.6 Å². The second-order valence-electron chi connectivity index (χ2n) is 4.62. The van der Waals surface area contributed by atoms with Gasteiger partial charge in [0.05, 0.1) is 13.2 Å². The van der Waals surface area contributed by atoms with Gasteiger partial charge in [0.1, 0.15) is 12.1 Å². The monoisotopic (exact) mass is 251 g/mol. The predicted molar refractivity (Wildman–Crippen MR) is 70.1 cm³/mol. The van der Waals surface area contributed by atoms with Gasteiger partial charge in [-0.3, -0.25) is 0 Å². The van der Waals surface area contributed by atoms with Crippen LogP contribution in [-0.4, -0.2) is 43.4 Å². The third-order valence-corrected chi connectivity index (χ3v) is 3.29. The molecule has 1 saturated heterocycles. The Morgan fingerprint density at radius 1 is 1.44 bits per heavy atom. The lowest BCUT2D eigenvalue weighted by Crippen LogP contribution is -2.27. The summed E-state index contributed by atoms with van der Waals surface area (Å²) >= 11 is 0. The molecule has 2 rings (SSSR count). The van der Waals surface area contributed by atoms with Crippen molar-refractivity contribution in [1.29, 1.82) is 0 Å². The first kappa shape index (κ1) is 13.1. The highest BCUT2D eigenvalue weighted by atomic mass is 16.5. The molecule has 1 aliphatic heterocycles. The summed E-state index contributed by atoms with van der Waals surface area (Å²) < 4.78 is 10.8. The van der Waals surface area contributed by atoms with Crippen molar-refractivity contribution in [2.24, 2.45) is 0 Å². The molecule has 1 aromatic rings. The highest BCUT2D eigenvalue weighted by molar-refractivity contribution is 5.39. The molecule has 1 unspecified atom stereocenters. The van der Waals surface area contributed by atoms with Gasteiger partial charge >= 0.3 is 0 Å². The van der Waals surface area contributed by atoms with Crippen LogP contribution in [0.1, 0.15) is 25.7 Å². The van der Waals surface area contributed by atoms with E-state index in [-0.39, 0.29) is 0 Å². The quantitative estimate of drug-likeness (QED) is 0.799. The molecule has 1 fully saturated rings. The number of rotatable bonds is 5. The predicted octanol–water partition coefficient (Wildman–Crippen LogP) is 1.88. The van der Waals surface area contributed by atoms with E-state index < -0.39 is 0 Å². The molecule has 1 aromatic heterocycles. The van der Waals surface area contributed by atoms with Gasteiger partial charge in [0.25, 0.3) is 0 Å². The highest BCUT2D eigenvalue weighted by Crippen LogP contribution is 2.18. The molecule has 0 aromatic carbocycles. The first-order valence-corrected chi connectivity index (χ1v) is 6.48. The van der Waals surface area contributed by atoms with Crippen LogP contribution in [0.3, 0.4) is 0 Å². The van der Waals surface area contributed by atoms with Gasteiger partial charge in [-0.05, 0) is 25.7 Å². The molecule has 1 aliphatic rings. The molecule has 2 heterocycles. The lowest BCUT2D eigenvalue weighted by Gasteiger charge is -2.25. The maximum Gasteiger partial charge on any atom is 0.218 e. The van der Waals surface area contributed by atoms with Gasteiger partial charge in [-0.1, -0.05) is 0 Å².